The number of thioether (sulfide) groups is 1. The average molecular weight is 310 g/mol. The molecule has 0 spiro atoms. The van der Waals surface area contributed by atoms with E-state index in [1.807, 2.05) is 30.3 Å². The molecule has 20 heavy (non-hydrogen) atoms. The van der Waals surface area contributed by atoms with E-state index in [0.29, 0.717) is 22.5 Å². The second-order valence-electron chi connectivity index (χ2n) is 4.04. The molecule has 2 rings (SSSR count). The largest absolute Gasteiger partial charge is 0.392 e. The quantitative estimate of drug-likeness (QED) is 0.826. The Kier molecular flexibility index (Phi) is 5.41. The van der Waals surface area contributed by atoms with E-state index >= 15 is 0 Å². The molecule has 5 nitrogen and oxygen atoms in total. The Labute approximate surface area is 125 Å². The van der Waals surface area contributed by atoms with Gasteiger partial charge in [0.15, 0.2) is 5.82 Å². The number of hydrogen-bond acceptors (Lipinski definition) is 6. The van der Waals surface area contributed by atoms with Gasteiger partial charge in [0.05, 0.1) is 35.8 Å². The fourth-order valence-corrected chi connectivity index (χ4v) is 2.60. The number of aliphatic hydroxyl groups is 1. The predicted octanol–water partition coefficient (Wildman–Crippen LogP) is 2.83. The number of rotatable bonds is 6. The minimum absolute atomic E-state index is 0.0477. The van der Waals surface area contributed by atoms with Gasteiger partial charge in [-0.25, -0.2) is 0 Å². The topological polar surface area (TPSA) is 82.9 Å². The average Bonchev–Trinajstić information content (AvgIpc) is 2.85. The zero-order valence-corrected chi connectivity index (χ0v) is 12.1. The van der Waals surface area contributed by atoms with Crippen LogP contribution in [0, 0.1) is 11.3 Å². The van der Waals surface area contributed by atoms with E-state index in [0.717, 1.165) is 4.90 Å². The van der Waals surface area contributed by atoms with Gasteiger partial charge < -0.3 is 9.63 Å². The SMILES string of the molecule is N#CCC(O)Cc1nc(CSc2ccccc2Cl)no1. The zero-order valence-electron chi connectivity index (χ0n) is 10.5. The van der Waals surface area contributed by atoms with E-state index in [9.17, 15) is 5.11 Å². The minimum Gasteiger partial charge on any atom is -0.392 e. The number of nitrogens with zero attached hydrogens (tertiary/aromatic N) is 3. The Morgan fingerprint density at radius 3 is 3.00 bits per heavy atom. The van der Waals surface area contributed by atoms with E-state index in [1.165, 1.54) is 11.8 Å². The zero-order chi connectivity index (χ0) is 14.4. The van der Waals surface area contributed by atoms with E-state index in [4.69, 9.17) is 21.4 Å². The molecule has 1 aromatic heterocycles. The van der Waals surface area contributed by atoms with Gasteiger partial charge in [-0.2, -0.15) is 10.2 Å². The van der Waals surface area contributed by atoms with Crippen molar-refractivity contribution in [3.63, 3.8) is 0 Å². The lowest BCUT2D eigenvalue weighted by Gasteiger charge is -2.00. The number of nitriles is 1. The Balaban J connectivity index is 1.90. The summed E-state index contributed by atoms with van der Waals surface area (Å²) in [4.78, 5) is 5.12. The molecule has 0 amide bonds. The Hall–Kier alpha value is -1.55. The molecular formula is C13H12ClN3O2S. The fraction of sp³-hybridized carbons (Fsp3) is 0.308. The van der Waals surface area contributed by atoms with Crippen molar-refractivity contribution in [1.29, 1.82) is 5.26 Å². The number of aromatic nitrogens is 2. The summed E-state index contributed by atoms with van der Waals surface area (Å²) in [5.41, 5.74) is 0. The van der Waals surface area contributed by atoms with Crippen molar-refractivity contribution in [2.45, 2.75) is 29.6 Å². The standard InChI is InChI=1S/C13H12ClN3O2S/c14-10-3-1-2-4-11(10)20-8-12-16-13(19-17-12)7-9(18)5-6-15/h1-4,9,18H,5,7-8H2. The van der Waals surface area contributed by atoms with E-state index in [-0.39, 0.29) is 12.8 Å². The van der Waals surface area contributed by atoms with Crippen LogP contribution in [0.25, 0.3) is 0 Å². The lowest BCUT2D eigenvalue weighted by molar-refractivity contribution is 0.167. The molecule has 0 saturated heterocycles. The van der Waals surface area contributed by atoms with Crippen LogP contribution in [0.4, 0.5) is 0 Å². The van der Waals surface area contributed by atoms with Crippen molar-refractivity contribution >= 4 is 23.4 Å². The van der Waals surface area contributed by atoms with Crippen LogP contribution in [0.2, 0.25) is 5.02 Å². The first-order chi connectivity index (χ1) is 9.69. The van der Waals surface area contributed by atoms with Crippen molar-refractivity contribution in [3.05, 3.63) is 41.0 Å². The third-order valence-corrected chi connectivity index (χ3v) is 3.95. The van der Waals surface area contributed by atoms with Gasteiger partial charge in [-0.3, -0.25) is 0 Å². The predicted molar refractivity (Wildman–Crippen MR) is 75.3 cm³/mol. The van der Waals surface area contributed by atoms with Gasteiger partial charge in [-0.15, -0.1) is 11.8 Å². The van der Waals surface area contributed by atoms with Crippen LogP contribution in [0.1, 0.15) is 18.1 Å². The van der Waals surface area contributed by atoms with Crippen LogP contribution in [0.3, 0.4) is 0 Å². The highest BCUT2D eigenvalue weighted by atomic mass is 35.5. The summed E-state index contributed by atoms with van der Waals surface area (Å²) in [6.45, 7) is 0. The molecule has 1 N–H and O–H groups in total. The molecule has 2 aromatic rings. The minimum atomic E-state index is -0.774. The number of benzene rings is 1. The van der Waals surface area contributed by atoms with Crippen LogP contribution in [-0.4, -0.2) is 21.4 Å². The van der Waals surface area contributed by atoms with Crippen LogP contribution >= 0.6 is 23.4 Å². The first kappa shape index (κ1) is 14.9. The first-order valence-corrected chi connectivity index (χ1v) is 7.29. The highest BCUT2D eigenvalue weighted by Gasteiger charge is 2.12. The van der Waals surface area contributed by atoms with Gasteiger partial charge >= 0.3 is 0 Å². The van der Waals surface area contributed by atoms with Crippen LogP contribution in [0.15, 0.2) is 33.7 Å². The maximum atomic E-state index is 9.48. The summed E-state index contributed by atoms with van der Waals surface area (Å²) in [5.74, 6) is 1.40. The fourth-order valence-electron chi connectivity index (χ4n) is 1.51. The van der Waals surface area contributed by atoms with Crippen LogP contribution < -0.4 is 0 Å². The van der Waals surface area contributed by atoms with E-state index in [2.05, 4.69) is 10.1 Å². The Morgan fingerprint density at radius 1 is 1.45 bits per heavy atom. The highest BCUT2D eigenvalue weighted by Crippen LogP contribution is 2.28. The van der Waals surface area contributed by atoms with Gasteiger partial charge in [0.2, 0.25) is 5.89 Å². The molecule has 0 aliphatic rings. The van der Waals surface area contributed by atoms with Crippen molar-refractivity contribution in [3.8, 4) is 6.07 Å². The van der Waals surface area contributed by atoms with Crippen LogP contribution in [-0.2, 0) is 12.2 Å². The third kappa shape index (κ3) is 4.23. The molecule has 1 aromatic carbocycles. The van der Waals surface area contributed by atoms with Gasteiger partial charge in [-0.05, 0) is 12.1 Å². The number of hydrogen-bond donors (Lipinski definition) is 1. The maximum Gasteiger partial charge on any atom is 0.229 e. The molecule has 0 saturated carbocycles. The Morgan fingerprint density at radius 2 is 2.25 bits per heavy atom. The first-order valence-electron chi connectivity index (χ1n) is 5.93. The summed E-state index contributed by atoms with van der Waals surface area (Å²) in [7, 11) is 0. The van der Waals surface area contributed by atoms with Gasteiger partial charge in [0, 0.05) is 4.90 Å². The Bertz CT molecular complexity index is 612. The molecule has 104 valence electrons. The molecule has 1 heterocycles. The second-order valence-corrected chi connectivity index (χ2v) is 5.47. The summed E-state index contributed by atoms with van der Waals surface area (Å²) < 4.78 is 5.02. The third-order valence-electron chi connectivity index (χ3n) is 2.44. The molecule has 1 unspecified atom stereocenters. The monoisotopic (exact) mass is 309 g/mol. The smallest absolute Gasteiger partial charge is 0.229 e. The van der Waals surface area contributed by atoms with E-state index < -0.39 is 6.10 Å². The maximum absolute atomic E-state index is 9.48. The molecule has 0 fully saturated rings. The summed E-state index contributed by atoms with van der Waals surface area (Å²) in [6, 6.07) is 9.41. The van der Waals surface area contributed by atoms with Crippen molar-refractivity contribution < 1.29 is 9.63 Å². The normalized spacial score (nSPS) is 12.1. The molecule has 0 aliphatic heterocycles. The van der Waals surface area contributed by atoms with Crippen molar-refractivity contribution in [1.82, 2.24) is 10.1 Å². The van der Waals surface area contributed by atoms with Crippen LogP contribution in [0.5, 0.6) is 0 Å². The molecule has 1 atom stereocenters. The van der Waals surface area contributed by atoms with Gasteiger partial charge in [0.25, 0.3) is 0 Å². The van der Waals surface area contributed by atoms with E-state index in [1.54, 1.807) is 0 Å². The molecule has 0 aliphatic carbocycles. The summed E-state index contributed by atoms with van der Waals surface area (Å²) in [6.07, 6.45) is -0.534. The molecule has 0 bridgehead atoms. The lowest BCUT2D eigenvalue weighted by Crippen LogP contribution is -2.09. The number of aliphatic hydroxyl groups excluding tert-OH is 1. The lowest BCUT2D eigenvalue weighted by atomic mass is 10.2. The van der Waals surface area contributed by atoms with Crippen molar-refractivity contribution in [2.75, 3.05) is 0 Å². The number of halogens is 1. The highest BCUT2D eigenvalue weighted by molar-refractivity contribution is 7.98. The molecule has 7 heteroatoms. The summed E-state index contributed by atoms with van der Waals surface area (Å²) in [5, 5.41) is 22.5. The molecule has 0 radical (unpaired) electrons. The molecular weight excluding hydrogens is 298 g/mol. The summed E-state index contributed by atoms with van der Waals surface area (Å²) >= 11 is 7.56. The second kappa shape index (κ2) is 7.29. The van der Waals surface area contributed by atoms with Gasteiger partial charge in [-0.1, -0.05) is 28.9 Å². The van der Waals surface area contributed by atoms with Crippen molar-refractivity contribution in [2.24, 2.45) is 0 Å². The van der Waals surface area contributed by atoms with Gasteiger partial charge in [0.1, 0.15) is 0 Å².